The third-order valence-electron chi connectivity index (χ3n) is 1.79. The second kappa shape index (κ2) is 4.87. The third kappa shape index (κ3) is 3.73. The average Bonchev–Trinajstić information content (AvgIpc) is 2.16. The van der Waals surface area contributed by atoms with Gasteiger partial charge in [-0.25, -0.2) is 9.37 Å². The van der Waals surface area contributed by atoms with Gasteiger partial charge in [-0.1, -0.05) is 0 Å². The molecule has 6 heteroatoms. The molecule has 0 saturated carbocycles. The summed E-state index contributed by atoms with van der Waals surface area (Å²) in [5, 5.41) is 20.8. The summed E-state index contributed by atoms with van der Waals surface area (Å²) in [7, 11) is 0. The summed E-state index contributed by atoms with van der Waals surface area (Å²) in [5.41, 5.74) is -1.29. The minimum absolute atomic E-state index is 0.0229. The van der Waals surface area contributed by atoms with Gasteiger partial charge in [0.1, 0.15) is 5.60 Å². The van der Waals surface area contributed by atoms with Crippen molar-refractivity contribution < 1.29 is 14.6 Å². The molecule has 1 unspecified atom stereocenters. The lowest BCUT2D eigenvalue weighted by molar-refractivity contribution is 0.0131. The number of aromatic nitrogens is 1. The molecule has 1 rings (SSSR count). The molecule has 0 saturated heterocycles. The van der Waals surface area contributed by atoms with Gasteiger partial charge in [-0.3, -0.25) is 0 Å². The molecule has 1 heterocycles. The number of nitrogens with zero attached hydrogens (tertiary/aromatic N) is 1. The molecule has 0 fully saturated rings. The zero-order valence-electron chi connectivity index (χ0n) is 8.17. The molecular weight excluding hydrogens is 267 g/mol. The number of hydrogen-bond acceptors (Lipinski definition) is 4. The number of nitrogens with one attached hydrogen (secondary N) is 1. The van der Waals surface area contributed by atoms with E-state index in [9.17, 15) is 9.50 Å². The van der Waals surface area contributed by atoms with E-state index in [2.05, 4.69) is 26.2 Å². The summed E-state index contributed by atoms with van der Waals surface area (Å²) in [6.07, 6.45) is 1.44. The standard InChI is InChI=1S/C9H12BrFN2O2/c1-9(15,5-14)4-13-8-7(11)2-6(10)3-12-8/h2-3,14-15H,4-5H2,1H3,(H,12,13). The van der Waals surface area contributed by atoms with Gasteiger partial charge in [0, 0.05) is 17.2 Å². The molecule has 1 aromatic rings. The molecular formula is C9H12BrFN2O2. The molecule has 3 N–H and O–H groups in total. The quantitative estimate of drug-likeness (QED) is 0.773. The predicted molar refractivity (Wildman–Crippen MR) is 58.1 cm³/mol. The zero-order chi connectivity index (χ0) is 11.5. The lowest BCUT2D eigenvalue weighted by Crippen LogP contribution is -2.37. The normalized spacial score (nSPS) is 14.7. The highest BCUT2D eigenvalue weighted by atomic mass is 79.9. The summed E-state index contributed by atoms with van der Waals surface area (Å²) < 4.78 is 13.8. The fourth-order valence-corrected chi connectivity index (χ4v) is 1.18. The molecule has 1 aromatic heterocycles. The summed E-state index contributed by atoms with van der Waals surface area (Å²) in [5.74, 6) is -0.468. The lowest BCUT2D eigenvalue weighted by atomic mass is 10.1. The SMILES string of the molecule is CC(O)(CO)CNc1ncc(Br)cc1F. The van der Waals surface area contributed by atoms with Gasteiger partial charge in [0.15, 0.2) is 11.6 Å². The Kier molecular flexibility index (Phi) is 4.01. The largest absolute Gasteiger partial charge is 0.393 e. The van der Waals surface area contributed by atoms with Crippen LogP contribution in [0.1, 0.15) is 6.92 Å². The second-order valence-corrected chi connectivity index (χ2v) is 4.41. The molecule has 4 nitrogen and oxygen atoms in total. The van der Waals surface area contributed by atoms with Crippen LogP contribution in [0, 0.1) is 5.82 Å². The van der Waals surface area contributed by atoms with E-state index in [0.29, 0.717) is 4.47 Å². The van der Waals surface area contributed by atoms with Crippen molar-refractivity contribution in [1.29, 1.82) is 0 Å². The topological polar surface area (TPSA) is 65.4 Å². The minimum atomic E-state index is -1.29. The summed E-state index contributed by atoms with van der Waals surface area (Å²) in [6, 6.07) is 1.27. The number of hydrogen-bond donors (Lipinski definition) is 3. The predicted octanol–water partition coefficient (Wildman–Crippen LogP) is 1.14. The average molecular weight is 279 g/mol. The van der Waals surface area contributed by atoms with Gasteiger partial charge in [0.05, 0.1) is 6.61 Å². The number of aliphatic hydroxyl groups excluding tert-OH is 1. The lowest BCUT2D eigenvalue weighted by Gasteiger charge is -2.20. The van der Waals surface area contributed by atoms with Crippen LogP contribution in [0.4, 0.5) is 10.2 Å². The van der Waals surface area contributed by atoms with Crippen LogP contribution in [0.2, 0.25) is 0 Å². The Bertz CT molecular complexity index is 347. The van der Waals surface area contributed by atoms with E-state index in [1.807, 2.05) is 0 Å². The van der Waals surface area contributed by atoms with E-state index in [0.717, 1.165) is 0 Å². The van der Waals surface area contributed by atoms with E-state index in [4.69, 9.17) is 5.11 Å². The molecule has 0 aliphatic carbocycles. The number of halogens is 2. The first-order chi connectivity index (χ1) is 6.94. The maximum absolute atomic E-state index is 13.2. The van der Waals surface area contributed by atoms with Crippen LogP contribution in [0.25, 0.3) is 0 Å². The molecule has 0 aliphatic heterocycles. The number of pyridine rings is 1. The van der Waals surface area contributed by atoms with Gasteiger partial charge in [-0.2, -0.15) is 0 Å². The van der Waals surface area contributed by atoms with Crippen LogP contribution in [0.5, 0.6) is 0 Å². The van der Waals surface area contributed by atoms with Gasteiger partial charge in [-0.05, 0) is 28.9 Å². The highest BCUT2D eigenvalue weighted by Gasteiger charge is 2.19. The van der Waals surface area contributed by atoms with Crippen molar-refractivity contribution in [2.75, 3.05) is 18.5 Å². The van der Waals surface area contributed by atoms with Crippen LogP contribution in [-0.2, 0) is 0 Å². The highest BCUT2D eigenvalue weighted by Crippen LogP contribution is 2.16. The van der Waals surface area contributed by atoms with E-state index in [-0.39, 0.29) is 12.4 Å². The molecule has 0 aliphatic rings. The first-order valence-electron chi connectivity index (χ1n) is 4.33. The summed E-state index contributed by atoms with van der Waals surface area (Å²) in [6.45, 7) is 1.06. The Hall–Kier alpha value is -0.720. The second-order valence-electron chi connectivity index (χ2n) is 3.49. The van der Waals surface area contributed by atoms with Crippen LogP contribution >= 0.6 is 15.9 Å². The molecule has 0 aromatic carbocycles. The molecule has 84 valence electrons. The fourth-order valence-electron chi connectivity index (χ4n) is 0.875. The Labute approximate surface area is 95.3 Å². The van der Waals surface area contributed by atoms with E-state index in [1.54, 1.807) is 0 Å². The smallest absolute Gasteiger partial charge is 0.166 e. The van der Waals surface area contributed by atoms with Gasteiger partial charge < -0.3 is 15.5 Å². The summed E-state index contributed by atoms with van der Waals surface area (Å²) in [4.78, 5) is 3.79. The van der Waals surface area contributed by atoms with Crippen LogP contribution in [-0.4, -0.2) is 33.9 Å². The van der Waals surface area contributed by atoms with Crippen molar-refractivity contribution in [3.8, 4) is 0 Å². The monoisotopic (exact) mass is 278 g/mol. The van der Waals surface area contributed by atoms with E-state index >= 15 is 0 Å². The molecule has 0 spiro atoms. The first kappa shape index (κ1) is 12.4. The number of aliphatic hydroxyl groups is 2. The molecule has 0 amide bonds. The Balaban J connectivity index is 2.66. The van der Waals surface area contributed by atoms with E-state index in [1.165, 1.54) is 19.2 Å². The maximum atomic E-state index is 13.2. The maximum Gasteiger partial charge on any atom is 0.166 e. The number of rotatable bonds is 4. The molecule has 1 atom stereocenters. The van der Waals surface area contributed by atoms with Gasteiger partial charge in [0.25, 0.3) is 0 Å². The van der Waals surface area contributed by atoms with Crippen LogP contribution in [0.3, 0.4) is 0 Å². The van der Waals surface area contributed by atoms with Crippen molar-refractivity contribution >= 4 is 21.7 Å². The van der Waals surface area contributed by atoms with E-state index < -0.39 is 18.0 Å². The van der Waals surface area contributed by atoms with Crippen molar-refractivity contribution in [2.45, 2.75) is 12.5 Å². The van der Waals surface area contributed by atoms with Gasteiger partial charge in [0.2, 0.25) is 0 Å². The van der Waals surface area contributed by atoms with Gasteiger partial charge >= 0.3 is 0 Å². The Morgan fingerprint density at radius 2 is 2.33 bits per heavy atom. The molecule has 0 radical (unpaired) electrons. The Morgan fingerprint density at radius 3 is 2.87 bits per heavy atom. The van der Waals surface area contributed by atoms with Crippen molar-refractivity contribution in [2.24, 2.45) is 0 Å². The third-order valence-corrected chi connectivity index (χ3v) is 2.22. The molecule has 15 heavy (non-hydrogen) atoms. The first-order valence-corrected chi connectivity index (χ1v) is 5.12. The summed E-state index contributed by atoms with van der Waals surface area (Å²) >= 11 is 3.08. The Morgan fingerprint density at radius 1 is 1.67 bits per heavy atom. The molecule has 0 bridgehead atoms. The highest BCUT2D eigenvalue weighted by molar-refractivity contribution is 9.10. The number of anilines is 1. The van der Waals surface area contributed by atoms with Crippen LogP contribution < -0.4 is 5.32 Å². The minimum Gasteiger partial charge on any atom is -0.393 e. The van der Waals surface area contributed by atoms with Crippen molar-refractivity contribution in [3.63, 3.8) is 0 Å². The van der Waals surface area contributed by atoms with Crippen molar-refractivity contribution in [3.05, 3.63) is 22.6 Å². The van der Waals surface area contributed by atoms with Crippen LogP contribution in [0.15, 0.2) is 16.7 Å². The zero-order valence-corrected chi connectivity index (χ0v) is 9.75. The van der Waals surface area contributed by atoms with Crippen molar-refractivity contribution in [1.82, 2.24) is 4.98 Å². The fraction of sp³-hybridized carbons (Fsp3) is 0.444. The van der Waals surface area contributed by atoms with Gasteiger partial charge in [-0.15, -0.1) is 0 Å².